The van der Waals surface area contributed by atoms with Crippen molar-refractivity contribution in [2.24, 2.45) is 0 Å². The number of hydrogen-bond acceptors (Lipinski definition) is 1. The fourth-order valence-corrected chi connectivity index (χ4v) is 0.684. The maximum Gasteiger partial charge on any atom is 2.00 e. The van der Waals surface area contributed by atoms with Crippen molar-refractivity contribution in [3.05, 3.63) is 72.8 Å². The molecule has 21 heavy (non-hydrogen) atoms. The Hall–Kier alpha value is -0.912. The van der Waals surface area contributed by atoms with E-state index >= 15 is 0 Å². The van der Waals surface area contributed by atoms with Gasteiger partial charge in [-0.2, -0.15) is 72.8 Å². The Labute approximate surface area is 147 Å². The fourth-order valence-electron chi connectivity index (χ4n) is 0.684. The van der Waals surface area contributed by atoms with Crippen molar-refractivity contribution < 1.29 is 26.2 Å². The molecule has 0 heterocycles. The molecule has 0 atom stereocenters. The monoisotopic (exact) mass is 460 g/mol. The number of rotatable bonds is 0. The van der Waals surface area contributed by atoms with Gasteiger partial charge in [-0.15, -0.1) is 0 Å². The van der Waals surface area contributed by atoms with Gasteiger partial charge in [-0.1, -0.05) is 41.5 Å². The maximum atomic E-state index is 7.00. The van der Waals surface area contributed by atoms with Crippen LogP contribution in [0.4, 0.5) is 0 Å². The van der Waals surface area contributed by atoms with Crippen LogP contribution >= 0.6 is 0 Å². The largest absolute Gasteiger partial charge is 2.00 e. The first-order chi connectivity index (χ1) is 10.0. The summed E-state index contributed by atoms with van der Waals surface area (Å²) in [4.78, 5) is 0. The van der Waals surface area contributed by atoms with Gasteiger partial charge in [0.1, 0.15) is 0 Å². The van der Waals surface area contributed by atoms with Crippen molar-refractivity contribution in [1.29, 1.82) is 0 Å². The van der Waals surface area contributed by atoms with Gasteiger partial charge in [0.2, 0.25) is 0 Å². The summed E-state index contributed by atoms with van der Waals surface area (Å²) in [5.74, 6) is 0. The average Bonchev–Trinajstić information content (AvgIpc) is 2.65. The molecule has 0 bridgehead atoms. The Morgan fingerprint density at radius 1 is 0.476 bits per heavy atom. The Bertz CT molecular complexity index is 187. The topological polar surface area (TPSA) is 20.2 Å². The van der Waals surface area contributed by atoms with Crippen molar-refractivity contribution in [3.63, 3.8) is 0 Å². The van der Waals surface area contributed by atoms with Gasteiger partial charge in [0, 0.05) is 7.11 Å². The van der Waals surface area contributed by atoms with E-state index in [-0.39, 0.29) is 21.1 Å². The van der Waals surface area contributed by atoms with Crippen LogP contribution in [0.3, 0.4) is 0 Å². The van der Waals surface area contributed by atoms with E-state index < -0.39 is 0 Å². The summed E-state index contributed by atoms with van der Waals surface area (Å²) < 4.78 is 0. The van der Waals surface area contributed by atoms with Gasteiger partial charge in [0.15, 0.2) is 0 Å². The van der Waals surface area contributed by atoms with Gasteiger partial charge in [0.25, 0.3) is 0 Å². The molecular weight excluding hydrogens is 428 g/mol. The van der Waals surface area contributed by atoms with E-state index in [4.69, 9.17) is 5.11 Å². The molecule has 0 amide bonds. The summed E-state index contributed by atoms with van der Waals surface area (Å²) in [5, 5.41) is 7.00. The summed E-state index contributed by atoms with van der Waals surface area (Å²) in [6.45, 7) is 12.0. The summed E-state index contributed by atoms with van der Waals surface area (Å²) in [7, 11) is 1.00. The first kappa shape index (κ1) is 32.2. The third-order valence-corrected chi connectivity index (χ3v) is 1.21. The third kappa shape index (κ3) is 45.3. The van der Waals surface area contributed by atoms with Crippen LogP contribution in [0.5, 0.6) is 0 Å². The van der Waals surface area contributed by atoms with Crippen LogP contribution in [-0.2, 0) is 21.1 Å². The summed E-state index contributed by atoms with van der Waals surface area (Å²) in [6, 6.07) is 25.0. The molecule has 2 rings (SSSR count). The molecular formula is C19H32OW. The zero-order valence-electron chi connectivity index (χ0n) is 14.6. The van der Waals surface area contributed by atoms with Crippen LogP contribution in [0.1, 0.15) is 41.5 Å². The molecule has 0 fully saturated rings. The van der Waals surface area contributed by atoms with E-state index in [1.54, 1.807) is 0 Å². The molecule has 0 saturated carbocycles. The smallest absolute Gasteiger partial charge is 0.400 e. The van der Waals surface area contributed by atoms with Crippen molar-refractivity contribution in [2.45, 2.75) is 41.5 Å². The van der Waals surface area contributed by atoms with E-state index in [2.05, 4.69) is 12.1 Å². The Morgan fingerprint density at radius 2 is 0.667 bits per heavy atom. The summed E-state index contributed by atoms with van der Waals surface area (Å²) in [6.07, 6.45) is 0. The summed E-state index contributed by atoms with van der Waals surface area (Å²) >= 11 is 0. The van der Waals surface area contributed by atoms with Crippen LogP contribution in [-0.4, -0.2) is 12.2 Å². The second kappa shape index (κ2) is 50.8. The van der Waals surface area contributed by atoms with Crippen LogP contribution < -0.4 is 0 Å². The SMILES string of the molecule is CC.CC.CC.CO.[W+2].[c-]1ccccc1.[c-]1ccccc1. The van der Waals surface area contributed by atoms with E-state index in [9.17, 15) is 0 Å². The van der Waals surface area contributed by atoms with Crippen LogP contribution in [0.2, 0.25) is 0 Å². The molecule has 0 aromatic heterocycles. The molecule has 0 aliphatic rings. The molecule has 0 aliphatic heterocycles. The zero-order valence-corrected chi connectivity index (χ0v) is 17.6. The second-order valence-corrected chi connectivity index (χ2v) is 2.15. The second-order valence-electron chi connectivity index (χ2n) is 2.15. The van der Waals surface area contributed by atoms with E-state index in [0.717, 1.165) is 7.11 Å². The summed E-state index contributed by atoms with van der Waals surface area (Å²) in [5.41, 5.74) is 0. The number of aliphatic hydroxyl groups excluding tert-OH is 1. The van der Waals surface area contributed by atoms with Gasteiger partial charge in [-0.3, -0.25) is 0 Å². The molecule has 2 aromatic rings. The molecule has 0 spiro atoms. The van der Waals surface area contributed by atoms with E-state index in [0.29, 0.717) is 0 Å². The fraction of sp³-hybridized carbons (Fsp3) is 0.368. The van der Waals surface area contributed by atoms with Crippen molar-refractivity contribution >= 4 is 0 Å². The molecule has 2 aromatic carbocycles. The average molecular weight is 460 g/mol. The van der Waals surface area contributed by atoms with Crippen molar-refractivity contribution in [1.82, 2.24) is 0 Å². The molecule has 1 nitrogen and oxygen atoms in total. The Balaban J connectivity index is -0.0000000539. The predicted molar refractivity (Wildman–Crippen MR) is 92.7 cm³/mol. The Kier molecular flexibility index (Phi) is 77.8. The van der Waals surface area contributed by atoms with Gasteiger partial charge in [-0.25, -0.2) is 0 Å². The standard InChI is InChI=1S/2C6H5.3C2H6.CH4O.W/c2*1-2-4-6-5-3-1;4*1-2;/h2*1-5H;3*1-2H3;2H,1H3;/q2*-1;;;;;+2. The minimum atomic E-state index is 0. The number of aliphatic hydroxyl groups is 1. The van der Waals surface area contributed by atoms with Crippen LogP contribution in [0, 0.1) is 12.1 Å². The molecule has 0 aliphatic carbocycles. The van der Waals surface area contributed by atoms with Gasteiger partial charge in [-0.05, 0) is 0 Å². The van der Waals surface area contributed by atoms with Gasteiger partial charge >= 0.3 is 21.1 Å². The normalized spacial score (nSPS) is 5.71. The van der Waals surface area contributed by atoms with Crippen molar-refractivity contribution in [2.75, 3.05) is 7.11 Å². The molecule has 120 valence electrons. The molecule has 0 saturated heterocycles. The Morgan fingerprint density at radius 3 is 0.714 bits per heavy atom. The van der Waals surface area contributed by atoms with Gasteiger partial charge < -0.3 is 5.11 Å². The van der Waals surface area contributed by atoms with Crippen LogP contribution in [0.15, 0.2) is 60.7 Å². The number of hydrogen-bond donors (Lipinski definition) is 1. The molecule has 1 N–H and O–H groups in total. The molecule has 2 heteroatoms. The first-order valence-electron chi connectivity index (χ1n) is 7.27. The minimum Gasteiger partial charge on any atom is -0.400 e. The zero-order chi connectivity index (χ0) is 16.5. The quantitative estimate of drug-likeness (QED) is 0.504. The first-order valence-corrected chi connectivity index (χ1v) is 7.27. The number of benzene rings is 2. The van der Waals surface area contributed by atoms with Crippen LogP contribution in [0.25, 0.3) is 0 Å². The molecule has 0 radical (unpaired) electrons. The maximum absolute atomic E-state index is 7.00. The minimum absolute atomic E-state index is 0. The van der Waals surface area contributed by atoms with Crippen molar-refractivity contribution in [3.8, 4) is 0 Å². The van der Waals surface area contributed by atoms with E-state index in [1.807, 2.05) is 102 Å². The van der Waals surface area contributed by atoms with Gasteiger partial charge in [0.05, 0.1) is 0 Å². The third-order valence-electron chi connectivity index (χ3n) is 1.21. The predicted octanol–water partition coefficient (Wildman–Crippen LogP) is 5.66. The molecule has 0 unspecified atom stereocenters. The van der Waals surface area contributed by atoms with E-state index in [1.165, 1.54) is 0 Å².